The van der Waals surface area contributed by atoms with Crippen LogP contribution in [0.1, 0.15) is 66.2 Å². The van der Waals surface area contributed by atoms with Crippen molar-refractivity contribution in [2.45, 2.75) is 128 Å². The predicted octanol–water partition coefficient (Wildman–Crippen LogP) is 2.38. The van der Waals surface area contributed by atoms with E-state index in [-0.39, 0.29) is 45.7 Å². The average Bonchev–Trinajstić information content (AvgIpc) is 3.16. The van der Waals surface area contributed by atoms with E-state index in [9.17, 15) is 44.3 Å². The largest absolute Gasteiger partial charge is 0.697 e. The molecule has 0 spiro atoms. The fourth-order valence-corrected chi connectivity index (χ4v) is 7.21. The summed E-state index contributed by atoms with van der Waals surface area (Å²) in [5.41, 5.74) is 0. The van der Waals surface area contributed by atoms with E-state index in [2.05, 4.69) is 0 Å². The number of hydrogen-bond acceptors (Lipinski definition) is 20. The van der Waals surface area contributed by atoms with Crippen LogP contribution in [0.25, 0.3) is 0 Å². The highest BCUT2D eigenvalue weighted by atomic mass is 31.1. The molecular formula is C32H62O20P3+3. The maximum absolute atomic E-state index is 12.4. The number of rotatable bonds is 31. The van der Waals surface area contributed by atoms with Crippen LogP contribution in [0, 0.1) is 11.8 Å². The fraction of sp³-hybridized carbons (Fsp3) is 1.00. The number of ether oxygens (including phenoxy) is 5. The van der Waals surface area contributed by atoms with E-state index in [1.165, 1.54) is 0 Å². The summed E-state index contributed by atoms with van der Waals surface area (Å²) in [7, 11) is -7.86. The Balaban J connectivity index is 1.65. The van der Waals surface area contributed by atoms with Crippen LogP contribution in [0.2, 0.25) is 0 Å². The molecule has 55 heavy (non-hydrogen) atoms. The summed E-state index contributed by atoms with van der Waals surface area (Å²) in [6, 6.07) is 0. The van der Waals surface area contributed by atoms with Gasteiger partial charge >= 0.3 is 24.8 Å². The van der Waals surface area contributed by atoms with Crippen molar-refractivity contribution in [3.8, 4) is 0 Å². The summed E-state index contributed by atoms with van der Waals surface area (Å²) in [6.45, 7) is 6.22. The Bertz CT molecular complexity index is 1010. The highest BCUT2D eigenvalue weighted by molar-refractivity contribution is 7.33. The molecule has 2 rings (SSSR count). The maximum Gasteiger partial charge on any atom is 0.697 e. The van der Waals surface area contributed by atoms with E-state index in [0.717, 1.165) is 0 Å². The first-order chi connectivity index (χ1) is 26.3. The molecule has 2 fully saturated rings. The van der Waals surface area contributed by atoms with Crippen LogP contribution in [0.4, 0.5) is 0 Å². The minimum atomic E-state index is -2.66. The third-order valence-electron chi connectivity index (χ3n) is 8.61. The molecule has 2 saturated heterocycles. The Labute approximate surface area is 325 Å². The topological polar surface area (TPSA) is 274 Å². The molecule has 2 aliphatic rings. The zero-order valence-electron chi connectivity index (χ0n) is 32.0. The first kappa shape index (κ1) is 50.8. The molecule has 0 saturated carbocycles. The van der Waals surface area contributed by atoms with E-state index in [1.807, 2.05) is 13.8 Å². The molecule has 0 aliphatic carbocycles. The first-order valence-electron chi connectivity index (χ1n) is 18.6. The molecule has 0 aromatic heterocycles. The van der Waals surface area contributed by atoms with E-state index in [4.69, 9.17) is 50.8 Å². The Morgan fingerprint density at radius 3 is 1.38 bits per heavy atom. The Kier molecular flexibility index (Phi) is 26.7. The molecule has 13 unspecified atom stereocenters. The minimum Gasteiger partial charge on any atom is -0.394 e. The zero-order valence-corrected chi connectivity index (χ0v) is 34.7. The predicted molar refractivity (Wildman–Crippen MR) is 192 cm³/mol. The van der Waals surface area contributed by atoms with Crippen LogP contribution in [-0.2, 0) is 64.5 Å². The summed E-state index contributed by atoms with van der Waals surface area (Å²) in [5, 5.41) is 58.9. The lowest BCUT2D eigenvalue weighted by Crippen LogP contribution is -2.55. The van der Waals surface area contributed by atoms with Gasteiger partial charge in [-0.3, -0.25) is 0 Å². The van der Waals surface area contributed by atoms with E-state index < -0.39 is 118 Å². The second-order valence-electron chi connectivity index (χ2n) is 13.4. The van der Waals surface area contributed by atoms with Gasteiger partial charge in [-0.25, -0.2) is 0 Å². The normalized spacial score (nSPS) is 30.1. The monoisotopic (exact) mass is 859 g/mol. The van der Waals surface area contributed by atoms with E-state index in [0.29, 0.717) is 38.5 Å². The van der Waals surface area contributed by atoms with Gasteiger partial charge in [-0.15, -0.1) is 27.1 Å². The minimum absolute atomic E-state index is 0.0193. The fourth-order valence-electron chi connectivity index (χ4n) is 5.28. The molecule has 0 aromatic rings. The second kappa shape index (κ2) is 28.9. The van der Waals surface area contributed by atoms with Crippen molar-refractivity contribution in [3.05, 3.63) is 0 Å². The molecule has 6 N–H and O–H groups in total. The molecule has 322 valence electrons. The van der Waals surface area contributed by atoms with Gasteiger partial charge in [-0.05, 0) is 52.4 Å². The van der Waals surface area contributed by atoms with Crippen molar-refractivity contribution in [1.82, 2.24) is 0 Å². The van der Waals surface area contributed by atoms with E-state index >= 15 is 0 Å². The lowest BCUT2D eigenvalue weighted by molar-refractivity contribution is -0.282. The average molecular weight is 860 g/mol. The van der Waals surface area contributed by atoms with Gasteiger partial charge in [0.15, 0.2) is 18.7 Å². The number of unbranched alkanes of at least 4 members (excludes halogenated alkanes) is 4. The van der Waals surface area contributed by atoms with Crippen molar-refractivity contribution in [2.24, 2.45) is 11.8 Å². The Morgan fingerprint density at radius 1 is 0.545 bits per heavy atom. The Hall–Kier alpha value is -0.380. The van der Waals surface area contributed by atoms with Gasteiger partial charge in [0.2, 0.25) is 0 Å². The lowest BCUT2D eigenvalue weighted by atomic mass is 9.92. The number of aliphatic hydroxyl groups is 6. The molecule has 2 heterocycles. The summed E-state index contributed by atoms with van der Waals surface area (Å²) < 4.78 is 96.2. The standard InChI is InChI=1S/C32H62O20P3/c1-21(2)42-15-16-47-55(41)52-24(19-48-53(39)45-13-9-5-7-11-43-31-22(3)27(35)29(37)25(17-33)50-31)20-49-54(40)46-14-10-6-8-12-44-32-23(4)28(36)30(38)26(18-34)51-32/h21-38H,5-20H2,1-4H3/q+3. The van der Waals surface area contributed by atoms with Crippen molar-refractivity contribution < 1.29 is 95.2 Å². The molecule has 13 atom stereocenters. The highest BCUT2D eigenvalue weighted by Gasteiger charge is 2.43. The quantitative estimate of drug-likeness (QED) is 0.0431. The molecule has 0 amide bonds. The summed E-state index contributed by atoms with van der Waals surface area (Å²) >= 11 is 0. The van der Waals surface area contributed by atoms with Crippen LogP contribution in [0.3, 0.4) is 0 Å². The van der Waals surface area contributed by atoms with Crippen LogP contribution in [0.5, 0.6) is 0 Å². The molecule has 23 heteroatoms. The van der Waals surface area contributed by atoms with Gasteiger partial charge in [0, 0.05) is 38.7 Å². The SMILES string of the molecule is CC(C)OCCO[P+](=O)OC(CO[P+](=O)OCCCCCOC1OC(CO)C(O)C(O)C1C)CO[P+](=O)OCCCCCOC1OC(CO)C(O)C(O)C1C. The number of aliphatic hydroxyl groups excluding tert-OH is 6. The van der Waals surface area contributed by atoms with Crippen LogP contribution < -0.4 is 0 Å². The van der Waals surface area contributed by atoms with Gasteiger partial charge in [0.25, 0.3) is 0 Å². The second-order valence-corrected chi connectivity index (χ2v) is 16.2. The molecule has 0 bridgehead atoms. The zero-order chi connectivity index (χ0) is 40.8. The number of hydrogen-bond donors (Lipinski definition) is 6. The van der Waals surface area contributed by atoms with Crippen LogP contribution >= 0.6 is 24.8 Å². The van der Waals surface area contributed by atoms with Gasteiger partial charge in [0.05, 0.1) is 38.1 Å². The van der Waals surface area contributed by atoms with Gasteiger partial charge < -0.3 is 54.3 Å². The summed E-state index contributed by atoms with van der Waals surface area (Å²) in [5.74, 6) is -0.991. The van der Waals surface area contributed by atoms with Gasteiger partial charge in [-0.1, -0.05) is 13.8 Å². The van der Waals surface area contributed by atoms with E-state index in [1.54, 1.807) is 13.8 Å². The third-order valence-corrected chi connectivity index (χ3v) is 11.0. The molecule has 2 aliphatic heterocycles. The van der Waals surface area contributed by atoms with Crippen molar-refractivity contribution in [1.29, 1.82) is 0 Å². The summed E-state index contributed by atoms with van der Waals surface area (Å²) in [4.78, 5) is 0. The Morgan fingerprint density at radius 2 is 0.964 bits per heavy atom. The maximum atomic E-state index is 12.4. The van der Waals surface area contributed by atoms with Gasteiger partial charge in [-0.2, -0.15) is 0 Å². The van der Waals surface area contributed by atoms with Crippen molar-refractivity contribution in [3.63, 3.8) is 0 Å². The highest BCUT2D eigenvalue weighted by Crippen LogP contribution is 2.33. The smallest absolute Gasteiger partial charge is 0.394 e. The van der Waals surface area contributed by atoms with Gasteiger partial charge in [0.1, 0.15) is 57.5 Å². The molecular weight excluding hydrogens is 797 g/mol. The third kappa shape index (κ3) is 20.0. The van der Waals surface area contributed by atoms with Crippen molar-refractivity contribution in [2.75, 3.05) is 66.1 Å². The van der Waals surface area contributed by atoms with Crippen LogP contribution in [0.15, 0.2) is 0 Å². The first-order valence-corrected chi connectivity index (χ1v) is 21.9. The molecule has 0 aromatic carbocycles. The summed E-state index contributed by atoms with van der Waals surface area (Å²) in [6.07, 6.45) is -5.74. The van der Waals surface area contributed by atoms with Crippen molar-refractivity contribution >= 4 is 24.8 Å². The van der Waals surface area contributed by atoms with Crippen LogP contribution in [-0.4, -0.2) is 158 Å². The molecule has 0 radical (unpaired) electrons. The molecule has 20 nitrogen and oxygen atoms in total. The lowest BCUT2D eigenvalue weighted by Gasteiger charge is -2.40.